The minimum atomic E-state index is -0.689. The Morgan fingerprint density at radius 1 is 1.14 bits per heavy atom. The van der Waals surface area contributed by atoms with Gasteiger partial charge in [0, 0.05) is 12.5 Å². The van der Waals surface area contributed by atoms with E-state index in [1.807, 2.05) is 6.08 Å². The predicted molar refractivity (Wildman–Crippen MR) is 129 cm³/mol. The first-order valence-corrected chi connectivity index (χ1v) is 11.7. The number of hydrogen-bond donors (Lipinski definition) is 0. The van der Waals surface area contributed by atoms with Crippen molar-refractivity contribution >= 4 is 23.4 Å². The summed E-state index contributed by atoms with van der Waals surface area (Å²) in [5, 5.41) is 21.8. The average Bonchev–Trinajstić information content (AvgIpc) is 3.49. The smallest absolute Gasteiger partial charge is 0.265 e. The second kappa shape index (κ2) is 9.44. The molecule has 3 aromatic rings. The molecule has 1 fully saturated rings. The molecule has 0 bridgehead atoms. The zero-order valence-corrected chi connectivity index (χ0v) is 19.5. The van der Waals surface area contributed by atoms with E-state index in [2.05, 4.69) is 10.2 Å². The maximum atomic E-state index is 13.7. The molecule has 0 saturated heterocycles. The van der Waals surface area contributed by atoms with Crippen LogP contribution in [0.5, 0.6) is 0 Å². The first-order chi connectivity index (χ1) is 17.4. The van der Waals surface area contributed by atoms with E-state index in [0.717, 1.165) is 30.4 Å². The van der Waals surface area contributed by atoms with Gasteiger partial charge in [0.1, 0.15) is 17.8 Å². The number of fused-ring (bicyclic) bond motifs is 1. The summed E-state index contributed by atoms with van der Waals surface area (Å²) >= 11 is 0. The number of nitrogens with zero attached hydrogens (tertiary/aromatic N) is 5. The van der Waals surface area contributed by atoms with Gasteiger partial charge in [0.15, 0.2) is 0 Å². The molecule has 1 aliphatic heterocycles. The summed E-state index contributed by atoms with van der Waals surface area (Å²) in [7, 11) is 0. The summed E-state index contributed by atoms with van der Waals surface area (Å²) in [6, 6.07) is 11.4. The Morgan fingerprint density at radius 3 is 2.44 bits per heavy atom. The van der Waals surface area contributed by atoms with E-state index in [1.54, 1.807) is 31.2 Å². The maximum absolute atomic E-state index is 13.7. The Hall–Kier alpha value is -4.21. The van der Waals surface area contributed by atoms with Crippen LogP contribution in [-0.4, -0.2) is 31.3 Å². The summed E-state index contributed by atoms with van der Waals surface area (Å²) in [6.07, 6.45) is 5.44. The molecular weight excluding hydrogens is 468 g/mol. The highest BCUT2D eigenvalue weighted by atomic mass is 19.1. The molecule has 5 rings (SSSR count). The molecule has 2 aliphatic rings. The zero-order valence-electron chi connectivity index (χ0n) is 19.5. The third kappa shape index (κ3) is 4.30. The van der Waals surface area contributed by atoms with E-state index >= 15 is 0 Å². The monoisotopic (exact) mass is 491 g/mol. The molecular formula is C26H23F2N5O3. The van der Waals surface area contributed by atoms with Gasteiger partial charge in [0.2, 0.25) is 5.69 Å². The Morgan fingerprint density at radius 2 is 1.81 bits per heavy atom. The molecule has 1 aliphatic carbocycles. The number of aromatic nitrogens is 2. The van der Waals surface area contributed by atoms with Crippen molar-refractivity contribution in [3.63, 3.8) is 0 Å². The van der Waals surface area contributed by atoms with E-state index in [9.17, 15) is 23.7 Å². The van der Waals surface area contributed by atoms with Crippen LogP contribution in [0.2, 0.25) is 0 Å². The number of rotatable bonds is 5. The van der Waals surface area contributed by atoms with Gasteiger partial charge in [0.05, 0.1) is 16.7 Å². The Balaban J connectivity index is 1.60. The number of allylic oxidation sites excluding steroid dienone is 1. The molecule has 184 valence electrons. The van der Waals surface area contributed by atoms with Crippen LogP contribution in [0.25, 0.3) is 6.08 Å². The van der Waals surface area contributed by atoms with Crippen molar-refractivity contribution < 1.29 is 18.5 Å². The highest BCUT2D eigenvalue weighted by molar-refractivity contribution is 6.09. The molecule has 1 aromatic heterocycles. The van der Waals surface area contributed by atoms with Crippen molar-refractivity contribution in [2.24, 2.45) is 11.0 Å². The zero-order chi connectivity index (χ0) is 25.4. The third-order valence-electron chi connectivity index (χ3n) is 6.60. The third-order valence-corrected chi connectivity index (χ3v) is 6.60. The standard InChI is InChI=1S/C26H23F2N5O3/c1-2-31-15-22(33(35)36)24(29-31)26(34)32-25(17-8-12-20(28)13-9-17)21-5-3-4-18(23(21)30-32)14-16-6-10-19(27)11-7-16/h6-15,21,25H,2-5H2,1H3/b18-14-/t21-,25-/m0/s1. The van der Waals surface area contributed by atoms with Gasteiger partial charge in [-0.25, -0.2) is 13.8 Å². The van der Waals surface area contributed by atoms with E-state index in [4.69, 9.17) is 0 Å². The van der Waals surface area contributed by atoms with Crippen molar-refractivity contribution in [2.45, 2.75) is 38.8 Å². The summed E-state index contributed by atoms with van der Waals surface area (Å²) < 4.78 is 28.4. The number of hydrogen-bond acceptors (Lipinski definition) is 5. The van der Waals surface area contributed by atoms with Crippen molar-refractivity contribution in [3.8, 4) is 0 Å². The fourth-order valence-corrected chi connectivity index (χ4v) is 4.89. The molecule has 0 N–H and O–H groups in total. The van der Waals surface area contributed by atoms with Gasteiger partial charge in [0.25, 0.3) is 0 Å². The summed E-state index contributed by atoms with van der Waals surface area (Å²) in [5.74, 6) is -1.62. The number of halogens is 2. The van der Waals surface area contributed by atoms with Gasteiger partial charge >= 0.3 is 11.6 Å². The van der Waals surface area contributed by atoms with Crippen LogP contribution in [0.15, 0.2) is 65.4 Å². The van der Waals surface area contributed by atoms with Crippen LogP contribution in [0.3, 0.4) is 0 Å². The highest BCUT2D eigenvalue weighted by Crippen LogP contribution is 2.45. The number of benzene rings is 2. The minimum absolute atomic E-state index is 0.188. The number of nitro groups is 1. The lowest BCUT2D eigenvalue weighted by Gasteiger charge is -2.29. The first-order valence-electron chi connectivity index (χ1n) is 11.7. The van der Waals surface area contributed by atoms with Crippen molar-refractivity contribution in [1.82, 2.24) is 14.8 Å². The maximum Gasteiger partial charge on any atom is 0.320 e. The molecule has 0 spiro atoms. The lowest BCUT2D eigenvalue weighted by molar-refractivity contribution is -0.385. The average molecular weight is 491 g/mol. The quantitative estimate of drug-likeness (QED) is 0.347. The Bertz CT molecular complexity index is 1380. The summed E-state index contributed by atoms with van der Waals surface area (Å²) in [5.41, 5.74) is 2.40. The molecule has 1 amide bonds. The van der Waals surface area contributed by atoms with Crippen LogP contribution in [0.4, 0.5) is 14.5 Å². The topological polar surface area (TPSA) is 93.6 Å². The van der Waals surface area contributed by atoms with Crippen molar-refractivity contribution in [3.05, 3.63) is 98.9 Å². The second-order valence-corrected chi connectivity index (χ2v) is 8.83. The molecule has 0 radical (unpaired) electrons. The first kappa shape index (κ1) is 23.5. The second-order valence-electron chi connectivity index (χ2n) is 8.83. The van der Waals surface area contributed by atoms with Crippen LogP contribution >= 0.6 is 0 Å². The predicted octanol–water partition coefficient (Wildman–Crippen LogP) is 5.53. The fraction of sp³-hybridized carbons (Fsp3) is 0.269. The van der Waals surface area contributed by atoms with Crippen molar-refractivity contribution in [1.29, 1.82) is 0 Å². The summed E-state index contributed by atoms with van der Waals surface area (Å²) in [4.78, 5) is 24.7. The van der Waals surface area contributed by atoms with E-state index in [-0.39, 0.29) is 17.4 Å². The molecule has 1 saturated carbocycles. The lowest BCUT2D eigenvalue weighted by atomic mass is 9.77. The number of carbonyl (C=O) groups excluding carboxylic acids is 1. The van der Waals surface area contributed by atoms with E-state index < -0.39 is 28.4 Å². The Kier molecular flexibility index (Phi) is 6.17. The largest absolute Gasteiger partial charge is 0.320 e. The Labute approximate surface area is 205 Å². The number of aryl methyl sites for hydroxylation is 1. The molecule has 36 heavy (non-hydrogen) atoms. The highest BCUT2D eigenvalue weighted by Gasteiger charge is 2.45. The van der Waals surface area contributed by atoms with Gasteiger partial charge in [-0.1, -0.05) is 24.3 Å². The van der Waals surface area contributed by atoms with Gasteiger partial charge in [-0.05, 0) is 73.2 Å². The normalized spacial score (nSPS) is 20.4. The van der Waals surface area contributed by atoms with Crippen LogP contribution < -0.4 is 0 Å². The molecule has 2 atom stereocenters. The molecule has 0 unspecified atom stereocenters. The molecule has 8 nitrogen and oxygen atoms in total. The number of amides is 1. The van der Waals surface area contributed by atoms with Gasteiger partial charge < -0.3 is 0 Å². The lowest BCUT2D eigenvalue weighted by Crippen LogP contribution is -2.32. The van der Waals surface area contributed by atoms with Crippen molar-refractivity contribution in [2.75, 3.05) is 0 Å². The van der Waals surface area contributed by atoms with E-state index in [0.29, 0.717) is 17.8 Å². The molecule has 2 aromatic carbocycles. The number of hydrazone groups is 1. The fourth-order valence-electron chi connectivity index (χ4n) is 4.89. The van der Waals surface area contributed by atoms with Crippen LogP contribution in [0.1, 0.15) is 53.8 Å². The summed E-state index contributed by atoms with van der Waals surface area (Å²) in [6.45, 7) is 2.13. The van der Waals surface area contributed by atoms with Gasteiger partial charge in [-0.2, -0.15) is 10.2 Å². The van der Waals surface area contributed by atoms with Crippen LogP contribution in [0, 0.1) is 27.7 Å². The SMILES string of the molecule is CCn1cc([N+](=O)[O-])c(C(=O)N2N=C3/C(=C\c4ccc(F)cc4)CCC[C@@H]3[C@@H]2c2ccc(F)cc2)n1. The molecule has 2 heterocycles. The van der Waals surface area contributed by atoms with Crippen LogP contribution in [-0.2, 0) is 6.54 Å². The minimum Gasteiger partial charge on any atom is -0.265 e. The van der Waals surface area contributed by atoms with E-state index in [1.165, 1.54) is 40.2 Å². The van der Waals surface area contributed by atoms with Gasteiger partial charge in [-0.3, -0.25) is 19.6 Å². The van der Waals surface area contributed by atoms with Gasteiger partial charge in [-0.15, -0.1) is 0 Å². The number of carbonyl (C=O) groups is 1. The molecule has 10 heteroatoms.